The number of aliphatic hydroxyl groups excluding tert-OH is 2. The first-order valence-corrected chi connectivity index (χ1v) is 7.03. The van der Waals surface area contributed by atoms with Gasteiger partial charge in [-0.1, -0.05) is 18.7 Å². The van der Waals surface area contributed by atoms with Crippen LogP contribution in [-0.2, 0) is 14.3 Å². The summed E-state index contributed by atoms with van der Waals surface area (Å²) in [5, 5.41) is 20.7. The average Bonchev–Trinajstić information content (AvgIpc) is 3.05. The van der Waals surface area contributed by atoms with E-state index in [4.69, 9.17) is 9.47 Å². The highest BCUT2D eigenvalue weighted by Gasteiger charge is 2.70. The zero-order chi connectivity index (χ0) is 14.2. The topological polar surface area (TPSA) is 79.3 Å². The van der Waals surface area contributed by atoms with E-state index in [2.05, 4.69) is 13.2 Å². The van der Waals surface area contributed by atoms with Crippen LogP contribution in [0.2, 0.25) is 0 Å². The zero-order valence-electron chi connectivity index (χ0n) is 11.1. The summed E-state index contributed by atoms with van der Waals surface area (Å²) in [5.41, 5.74) is 0.617. The van der Waals surface area contributed by atoms with E-state index in [1.165, 1.54) is 0 Å². The number of esters is 1. The molecule has 5 heteroatoms. The van der Waals surface area contributed by atoms with Gasteiger partial charge >= 0.3 is 5.97 Å². The van der Waals surface area contributed by atoms with Crippen LogP contribution in [0.5, 0.6) is 0 Å². The smallest absolute Gasteiger partial charge is 0.334 e. The Hall–Kier alpha value is -1.17. The number of rotatable bonds is 0. The Labute approximate surface area is 116 Å². The number of fused-ring (bicyclic) bond motifs is 4. The lowest BCUT2D eigenvalue weighted by Crippen LogP contribution is -2.42. The molecule has 0 radical (unpaired) electrons. The van der Waals surface area contributed by atoms with E-state index in [0.29, 0.717) is 25.0 Å². The van der Waals surface area contributed by atoms with Crippen LogP contribution in [0, 0.1) is 17.8 Å². The van der Waals surface area contributed by atoms with E-state index >= 15 is 0 Å². The van der Waals surface area contributed by atoms with Gasteiger partial charge in [0, 0.05) is 11.5 Å². The maximum Gasteiger partial charge on any atom is 0.334 e. The molecule has 2 saturated carbocycles. The lowest BCUT2D eigenvalue weighted by Gasteiger charge is -2.29. The lowest BCUT2D eigenvalue weighted by molar-refractivity contribution is -0.143. The Bertz CT molecular complexity index is 520. The second-order valence-corrected chi connectivity index (χ2v) is 6.48. The molecule has 0 aromatic heterocycles. The van der Waals surface area contributed by atoms with E-state index in [1.807, 2.05) is 0 Å². The van der Waals surface area contributed by atoms with E-state index in [1.54, 1.807) is 0 Å². The van der Waals surface area contributed by atoms with Crippen LogP contribution in [0.1, 0.15) is 12.8 Å². The van der Waals surface area contributed by atoms with Crippen LogP contribution in [-0.4, -0.2) is 46.7 Å². The van der Waals surface area contributed by atoms with Gasteiger partial charge in [0.15, 0.2) is 0 Å². The fraction of sp³-hybridized carbons (Fsp3) is 0.667. The first kappa shape index (κ1) is 12.6. The third-order valence-electron chi connectivity index (χ3n) is 5.54. The monoisotopic (exact) mass is 278 g/mol. The standard InChI is InChI=1S/C15H18O5/c1-6-3-9(16)11-7(2)14(18)20-13(11)12-8(6)4-10(17)15(12)5-19-15/h8-13,16-17H,1-5H2/t8-,9-,10-,11+,12-,13-,15?/m0/s1. The number of aliphatic hydroxyl groups is 2. The maximum atomic E-state index is 11.8. The summed E-state index contributed by atoms with van der Waals surface area (Å²) >= 11 is 0. The molecule has 20 heavy (non-hydrogen) atoms. The molecule has 2 aliphatic heterocycles. The molecule has 4 rings (SSSR count). The number of hydrogen-bond donors (Lipinski definition) is 2. The fourth-order valence-electron chi connectivity index (χ4n) is 4.45. The van der Waals surface area contributed by atoms with Crippen LogP contribution in [0.4, 0.5) is 0 Å². The number of epoxide rings is 1. The van der Waals surface area contributed by atoms with Gasteiger partial charge in [0.1, 0.15) is 11.7 Å². The Kier molecular flexibility index (Phi) is 2.34. The SMILES string of the molecule is C=C1C(=O)O[C@H]2[C@H]1[C@@H](O)CC(=C)[C@@H]1C[C@H](O)C3(CO3)[C@H]21. The molecule has 108 valence electrons. The predicted molar refractivity (Wildman–Crippen MR) is 68.6 cm³/mol. The molecule has 0 amide bonds. The molecule has 0 aromatic carbocycles. The maximum absolute atomic E-state index is 11.8. The molecule has 4 fully saturated rings. The Morgan fingerprint density at radius 2 is 2.00 bits per heavy atom. The molecule has 2 N–H and O–H groups in total. The van der Waals surface area contributed by atoms with Gasteiger partial charge in [0.25, 0.3) is 0 Å². The summed E-state index contributed by atoms with van der Waals surface area (Å²) in [6, 6.07) is 0. The molecule has 1 spiro atoms. The molecule has 4 aliphatic rings. The van der Waals surface area contributed by atoms with Crippen LogP contribution >= 0.6 is 0 Å². The van der Waals surface area contributed by atoms with E-state index in [0.717, 1.165) is 5.57 Å². The highest BCUT2D eigenvalue weighted by atomic mass is 16.6. The van der Waals surface area contributed by atoms with Gasteiger partial charge in [0.2, 0.25) is 0 Å². The minimum Gasteiger partial charge on any atom is -0.458 e. The predicted octanol–water partition coefficient (Wildman–Crippen LogP) is 0.171. The number of hydrogen-bond acceptors (Lipinski definition) is 5. The first-order chi connectivity index (χ1) is 9.45. The van der Waals surface area contributed by atoms with Crippen LogP contribution in [0.25, 0.3) is 0 Å². The van der Waals surface area contributed by atoms with Gasteiger partial charge in [-0.25, -0.2) is 4.79 Å². The van der Waals surface area contributed by atoms with Gasteiger partial charge < -0.3 is 19.7 Å². The third-order valence-corrected chi connectivity index (χ3v) is 5.54. The number of carbonyl (C=O) groups is 1. The largest absolute Gasteiger partial charge is 0.458 e. The minimum atomic E-state index is -0.704. The molecule has 5 nitrogen and oxygen atoms in total. The molecule has 0 aromatic rings. The van der Waals surface area contributed by atoms with E-state index in [-0.39, 0.29) is 11.8 Å². The van der Waals surface area contributed by atoms with Crippen LogP contribution < -0.4 is 0 Å². The zero-order valence-corrected chi connectivity index (χ0v) is 11.1. The highest BCUT2D eigenvalue weighted by molar-refractivity contribution is 5.91. The van der Waals surface area contributed by atoms with Gasteiger partial charge in [-0.2, -0.15) is 0 Å². The summed E-state index contributed by atoms with van der Waals surface area (Å²) < 4.78 is 11.0. The van der Waals surface area contributed by atoms with Crippen LogP contribution in [0.15, 0.2) is 24.3 Å². The van der Waals surface area contributed by atoms with Gasteiger partial charge in [-0.05, 0) is 18.8 Å². The highest BCUT2D eigenvalue weighted by Crippen LogP contribution is 2.59. The average molecular weight is 278 g/mol. The summed E-state index contributed by atoms with van der Waals surface area (Å²) in [6.45, 7) is 8.32. The summed E-state index contributed by atoms with van der Waals surface area (Å²) in [6.07, 6.45) is -0.749. The fourth-order valence-corrected chi connectivity index (χ4v) is 4.45. The minimum absolute atomic E-state index is 0.0239. The van der Waals surface area contributed by atoms with Crippen molar-refractivity contribution >= 4 is 5.97 Å². The van der Waals surface area contributed by atoms with Crippen molar-refractivity contribution in [3.05, 3.63) is 24.3 Å². The first-order valence-electron chi connectivity index (χ1n) is 7.03. The normalized spacial score (nSPS) is 53.6. The quantitative estimate of drug-likeness (QED) is 0.286. The molecule has 0 bridgehead atoms. The summed E-state index contributed by atoms with van der Waals surface area (Å²) in [7, 11) is 0. The van der Waals surface area contributed by atoms with Crippen molar-refractivity contribution in [2.24, 2.45) is 17.8 Å². The van der Waals surface area contributed by atoms with Crippen LogP contribution in [0.3, 0.4) is 0 Å². The molecular formula is C15H18O5. The Morgan fingerprint density at radius 3 is 2.65 bits per heavy atom. The van der Waals surface area contributed by atoms with Gasteiger partial charge in [-0.3, -0.25) is 0 Å². The summed E-state index contributed by atoms with van der Waals surface area (Å²) in [5.74, 6) is -0.964. The Balaban J connectivity index is 1.80. The molecule has 2 saturated heterocycles. The molecule has 7 atom stereocenters. The van der Waals surface area contributed by atoms with Crippen molar-refractivity contribution in [2.75, 3.05) is 6.61 Å². The van der Waals surface area contributed by atoms with Gasteiger partial charge in [-0.15, -0.1) is 0 Å². The van der Waals surface area contributed by atoms with Crippen molar-refractivity contribution in [3.63, 3.8) is 0 Å². The molecule has 1 unspecified atom stereocenters. The summed E-state index contributed by atoms with van der Waals surface area (Å²) in [4.78, 5) is 11.8. The van der Waals surface area contributed by atoms with Crippen molar-refractivity contribution in [1.82, 2.24) is 0 Å². The number of ether oxygens (including phenoxy) is 2. The molecular weight excluding hydrogens is 260 g/mol. The lowest BCUT2D eigenvalue weighted by atomic mass is 9.78. The van der Waals surface area contributed by atoms with Crippen molar-refractivity contribution in [1.29, 1.82) is 0 Å². The molecule has 2 aliphatic carbocycles. The van der Waals surface area contributed by atoms with Crippen molar-refractivity contribution in [2.45, 2.75) is 36.8 Å². The Morgan fingerprint density at radius 1 is 1.30 bits per heavy atom. The van der Waals surface area contributed by atoms with Crippen molar-refractivity contribution in [3.8, 4) is 0 Å². The van der Waals surface area contributed by atoms with Gasteiger partial charge in [0.05, 0.1) is 24.7 Å². The number of carbonyl (C=O) groups excluding carboxylic acids is 1. The van der Waals surface area contributed by atoms with E-state index < -0.39 is 35.8 Å². The third kappa shape index (κ3) is 1.35. The second kappa shape index (κ2) is 3.72. The molecule has 2 heterocycles. The van der Waals surface area contributed by atoms with E-state index in [9.17, 15) is 15.0 Å². The van der Waals surface area contributed by atoms with Crippen molar-refractivity contribution < 1.29 is 24.5 Å². The second-order valence-electron chi connectivity index (χ2n) is 6.48.